The fourth-order valence-electron chi connectivity index (χ4n) is 3.60. The quantitative estimate of drug-likeness (QED) is 0.847. The molecule has 0 aliphatic carbocycles. The Labute approximate surface area is 134 Å². The number of hydrogen-bond donors (Lipinski definition) is 2. The molecule has 118 valence electrons. The fraction of sp³-hybridized carbons (Fsp3) is 0.438. The van der Waals surface area contributed by atoms with Gasteiger partial charge in [0.2, 0.25) is 0 Å². The summed E-state index contributed by atoms with van der Waals surface area (Å²) in [5.41, 5.74) is 1.35. The summed E-state index contributed by atoms with van der Waals surface area (Å²) in [6, 6.07) is 6.71. The first-order valence-electron chi connectivity index (χ1n) is 7.51. The van der Waals surface area contributed by atoms with Gasteiger partial charge in [0.05, 0.1) is 0 Å². The summed E-state index contributed by atoms with van der Waals surface area (Å²) in [6.07, 6.45) is 2.38. The van der Waals surface area contributed by atoms with E-state index in [1.807, 2.05) is 4.90 Å². The van der Waals surface area contributed by atoms with E-state index in [-0.39, 0.29) is 24.1 Å². The maximum Gasteiger partial charge on any atom is 0.270 e. The van der Waals surface area contributed by atoms with Gasteiger partial charge in [0.1, 0.15) is 11.5 Å². The Balaban J connectivity index is 0.00000144. The number of benzene rings is 1. The zero-order chi connectivity index (χ0) is 14.4. The molecule has 2 N–H and O–H groups in total. The van der Waals surface area contributed by atoms with Gasteiger partial charge in [-0.1, -0.05) is 0 Å². The number of H-pyrrole nitrogens is 1. The minimum absolute atomic E-state index is 0. The summed E-state index contributed by atoms with van der Waals surface area (Å²) in [6.45, 7) is 2.64. The Morgan fingerprint density at radius 3 is 2.95 bits per heavy atom. The average molecular weight is 324 g/mol. The number of likely N-dealkylation sites (tertiary alicyclic amines) is 1. The minimum Gasteiger partial charge on any atom is -0.351 e. The number of hydrogen-bond acceptors (Lipinski definition) is 2. The Kier molecular flexibility index (Phi) is 4.10. The lowest BCUT2D eigenvalue weighted by molar-refractivity contribution is 0.0781. The van der Waals surface area contributed by atoms with Crippen LogP contribution in [0.25, 0.3) is 10.9 Å². The molecule has 3 heterocycles. The molecule has 0 spiro atoms. The maximum absolute atomic E-state index is 13.2. The van der Waals surface area contributed by atoms with Gasteiger partial charge in [0.15, 0.2) is 0 Å². The average Bonchev–Trinajstić information content (AvgIpc) is 3.09. The largest absolute Gasteiger partial charge is 0.351 e. The van der Waals surface area contributed by atoms with Crippen LogP contribution in [0.4, 0.5) is 4.39 Å². The Morgan fingerprint density at radius 2 is 2.14 bits per heavy atom. The third-order valence-corrected chi connectivity index (χ3v) is 4.70. The maximum atomic E-state index is 13.2. The van der Waals surface area contributed by atoms with Gasteiger partial charge in [-0.25, -0.2) is 4.39 Å². The van der Waals surface area contributed by atoms with Crippen LogP contribution in [0.2, 0.25) is 0 Å². The van der Waals surface area contributed by atoms with Crippen LogP contribution in [-0.4, -0.2) is 41.5 Å². The fourth-order valence-corrected chi connectivity index (χ4v) is 3.60. The van der Waals surface area contributed by atoms with Crippen molar-refractivity contribution in [1.82, 2.24) is 15.2 Å². The number of piperidine rings is 1. The molecule has 1 aromatic carbocycles. The topological polar surface area (TPSA) is 48.1 Å². The summed E-state index contributed by atoms with van der Waals surface area (Å²) in [7, 11) is 0. The molecule has 4 rings (SSSR count). The van der Waals surface area contributed by atoms with Gasteiger partial charge in [0, 0.05) is 30.0 Å². The predicted molar refractivity (Wildman–Crippen MR) is 85.9 cm³/mol. The van der Waals surface area contributed by atoms with Gasteiger partial charge in [-0.05, 0) is 49.6 Å². The molecule has 2 aromatic rings. The van der Waals surface area contributed by atoms with Crippen LogP contribution in [0.3, 0.4) is 0 Å². The number of nitrogens with zero attached hydrogens (tertiary/aromatic N) is 1. The molecular formula is C16H19ClFN3O. The third-order valence-electron chi connectivity index (χ3n) is 4.70. The normalized spacial score (nSPS) is 24.1. The zero-order valence-corrected chi connectivity index (χ0v) is 13.0. The molecule has 2 unspecified atom stereocenters. The second kappa shape index (κ2) is 5.89. The molecule has 22 heavy (non-hydrogen) atoms. The molecule has 1 amide bonds. The highest BCUT2D eigenvalue weighted by Crippen LogP contribution is 2.26. The molecule has 0 saturated carbocycles. The Morgan fingerprint density at radius 1 is 1.27 bits per heavy atom. The highest BCUT2D eigenvalue weighted by molar-refractivity contribution is 5.98. The number of aromatic amines is 1. The van der Waals surface area contributed by atoms with Crippen LogP contribution >= 0.6 is 12.4 Å². The first kappa shape index (κ1) is 15.3. The van der Waals surface area contributed by atoms with Gasteiger partial charge in [-0.3, -0.25) is 4.79 Å². The van der Waals surface area contributed by atoms with Gasteiger partial charge in [0.25, 0.3) is 5.91 Å². The van der Waals surface area contributed by atoms with Crippen LogP contribution in [0.15, 0.2) is 24.3 Å². The van der Waals surface area contributed by atoms with Crippen molar-refractivity contribution in [3.8, 4) is 0 Å². The van der Waals surface area contributed by atoms with Gasteiger partial charge in [-0.15, -0.1) is 12.4 Å². The Bertz CT molecular complexity index is 688. The number of carbonyl (C=O) groups is 1. The smallest absolute Gasteiger partial charge is 0.270 e. The summed E-state index contributed by atoms with van der Waals surface area (Å²) in [5, 5.41) is 4.24. The summed E-state index contributed by atoms with van der Waals surface area (Å²) in [5.74, 6) is 0.309. The number of aromatic nitrogens is 1. The molecular weight excluding hydrogens is 305 g/mol. The van der Waals surface area contributed by atoms with Crippen LogP contribution in [0.5, 0.6) is 0 Å². The van der Waals surface area contributed by atoms with Crippen LogP contribution in [0, 0.1) is 11.7 Å². The number of fused-ring (bicyclic) bond motifs is 2. The van der Waals surface area contributed by atoms with Crippen molar-refractivity contribution >= 4 is 29.2 Å². The number of amides is 1. The van der Waals surface area contributed by atoms with E-state index in [0.29, 0.717) is 17.7 Å². The zero-order valence-electron chi connectivity index (χ0n) is 12.1. The van der Waals surface area contributed by atoms with Crippen molar-refractivity contribution < 1.29 is 9.18 Å². The molecule has 2 aliphatic heterocycles. The van der Waals surface area contributed by atoms with Crippen molar-refractivity contribution in [2.45, 2.75) is 18.9 Å². The lowest BCUT2D eigenvalue weighted by Crippen LogP contribution is -2.41. The monoisotopic (exact) mass is 323 g/mol. The number of rotatable bonds is 1. The lowest BCUT2D eigenvalue weighted by Gasteiger charge is -2.24. The van der Waals surface area contributed by atoms with E-state index in [1.165, 1.54) is 25.0 Å². The standard InChI is InChI=1S/C16H18FN3O.ClH/c17-12-3-4-13-11(6-12)7-14(19-13)16(21)20-8-10-2-1-5-18-15(10)9-20;/h3-4,6-7,10,15,18-19H,1-2,5,8-9H2;1H. The van der Waals surface area contributed by atoms with Gasteiger partial charge >= 0.3 is 0 Å². The lowest BCUT2D eigenvalue weighted by atomic mass is 9.94. The van der Waals surface area contributed by atoms with Crippen molar-refractivity contribution in [3.05, 3.63) is 35.8 Å². The number of halogens is 2. The van der Waals surface area contributed by atoms with E-state index >= 15 is 0 Å². The van der Waals surface area contributed by atoms with E-state index in [4.69, 9.17) is 0 Å². The van der Waals surface area contributed by atoms with E-state index in [9.17, 15) is 9.18 Å². The first-order valence-corrected chi connectivity index (χ1v) is 7.51. The third kappa shape index (κ3) is 2.59. The molecule has 2 saturated heterocycles. The Hall–Kier alpha value is -1.59. The summed E-state index contributed by atoms with van der Waals surface area (Å²) < 4.78 is 13.2. The second-order valence-electron chi connectivity index (χ2n) is 6.09. The van der Waals surface area contributed by atoms with Crippen molar-refractivity contribution in [2.24, 2.45) is 5.92 Å². The molecule has 0 bridgehead atoms. The SMILES string of the molecule is Cl.O=C(c1cc2cc(F)ccc2[nH]1)N1CC2CCCNC2C1. The summed E-state index contributed by atoms with van der Waals surface area (Å²) >= 11 is 0. The van der Waals surface area contributed by atoms with E-state index in [1.54, 1.807) is 12.1 Å². The number of nitrogens with one attached hydrogen (secondary N) is 2. The van der Waals surface area contributed by atoms with Gasteiger partial charge in [-0.2, -0.15) is 0 Å². The number of carbonyl (C=O) groups excluding carboxylic acids is 1. The highest BCUT2D eigenvalue weighted by Gasteiger charge is 2.36. The molecule has 6 heteroatoms. The molecule has 2 fully saturated rings. The van der Waals surface area contributed by atoms with Crippen molar-refractivity contribution in [2.75, 3.05) is 19.6 Å². The summed E-state index contributed by atoms with van der Waals surface area (Å²) in [4.78, 5) is 17.6. The molecule has 2 aliphatic rings. The van der Waals surface area contributed by atoms with Crippen LogP contribution in [0.1, 0.15) is 23.3 Å². The van der Waals surface area contributed by atoms with Crippen molar-refractivity contribution in [1.29, 1.82) is 0 Å². The van der Waals surface area contributed by atoms with E-state index in [2.05, 4.69) is 10.3 Å². The first-order chi connectivity index (χ1) is 10.2. The molecule has 2 atom stereocenters. The predicted octanol–water partition coefficient (Wildman–Crippen LogP) is 2.55. The molecule has 1 aromatic heterocycles. The van der Waals surface area contributed by atoms with Crippen LogP contribution < -0.4 is 5.32 Å². The minimum atomic E-state index is -0.281. The van der Waals surface area contributed by atoms with Crippen LogP contribution in [-0.2, 0) is 0 Å². The molecule has 4 nitrogen and oxygen atoms in total. The molecule has 0 radical (unpaired) electrons. The van der Waals surface area contributed by atoms with E-state index < -0.39 is 0 Å². The van der Waals surface area contributed by atoms with Gasteiger partial charge < -0.3 is 15.2 Å². The highest BCUT2D eigenvalue weighted by atomic mass is 35.5. The second-order valence-corrected chi connectivity index (χ2v) is 6.09. The van der Waals surface area contributed by atoms with E-state index in [0.717, 1.165) is 30.5 Å². The van der Waals surface area contributed by atoms with Crippen molar-refractivity contribution in [3.63, 3.8) is 0 Å².